The fourth-order valence-corrected chi connectivity index (χ4v) is 2.70. The minimum absolute atomic E-state index is 0.0768. The van der Waals surface area contributed by atoms with Crippen LogP contribution in [0.5, 0.6) is 0 Å². The smallest absolute Gasteiger partial charge is 0.246 e. The molecule has 2 aromatic rings. The molecule has 0 unspecified atom stereocenters. The monoisotopic (exact) mass is 270 g/mol. The van der Waals surface area contributed by atoms with Gasteiger partial charge in [0.05, 0.1) is 0 Å². The number of nitrogens with zero attached hydrogens (tertiary/aromatic N) is 2. The van der Waals surface area contributed by atoms with Crippen molar-refractivity contribution >= 4 is 17.4 Å². The first-order valence-corrected chi connectivity index (χ1v) is 6.92. The van der Waals surface area contributed by atoms with Crippen molar-refractivity contribution in [2.75, 3.05) is 11.1 Å². The first-order valence-electron chi connectivity index (χ1n) is 6.92. The van der Waals surface area contributed by atoms with E-state index in [1.165, 1.54) is 24.0 Å². The first kappa shape index (κ1) is 12.7. The number of nitrogen functional groups attached to an aromatic ring is 1. The quantitative estimate of drug-likeness (QED) is 0.895. The van der Waals surface area contributed by atoms with Gasteiger partial charge in [-0.15, -0.1) is 0 Å². The molecular formula is C15H18N4O. The lowest BCUT2D eigenvalue weighted by Crippen LogP contribution is -2.20. The number of hydrogen-bond acceptors (Lipinski definition) is 3. The van der Waals surface area contributed by atoms with Crippen molar-refractivity contribution in [3.8, 4) is 0 Å². The molecule has 1 amide bonds. The van der Waals surface area contributed by atoms with E-state index in [-0.39, 0.29) is 12.5 Å². The van der Waals surface area contributed by atoms with Gasteiger partial charge < -0.3 is 11.1 Å². The number of aryl methyl sites for hydroxylation is 1. The minimum atomic E-state index is -0.0768. The maximum absolute atomic E-state index is 12.1. The van der Waals surface area contributed by atoms with Crippen molar-refractivity contribution in [3.05, 3.63) is 41.6 Å². The molecule has 20 heavy (non-hydrogen) atoms. The van der Waals surface area contributed by atoms with E-state index in [0.717, 1.165) is 18.5 Å². The van der Waals surface area contributed by atoms with E-state index >= 15 is 0 Å². The standard InChI is InChI=1S/C15H18N4O/c16-14-8-9-19(18-14)10-15(20)17-13-7-3-5-11-4-1-2-6-12(11)13/h3,5,7-9H,1-2,4,6,10H2,(H2,16,18)(H,17,20). The molecule has 0 saturated carbocycles. The van der Waals surface area contributed by atoms with Crippen molar-refractivity contribution in [1.82, 2.24) is 9.78 Å². The molecule has 0 aliphatic heterocycles. The van der Waals surface area contributed by atoms with Crippen LogP contribution in [0.1, 0.15) is 24.0 Å². The van der Waals surface area contributed by atoms with E-state index < -0.39 is 0 Å². The third-order valence-corrected chi connectivity index (χ3v) is 3.64. The lowest BCUT2D eigenvalue weighted by Gasteiger charge is -2.19. The normalized spacial score (nSPS) is 13.8. The van der Waals surface area contributed by atoms with Gasteiger partial charge in [0.2, 0.25) is 5.91 Å². The number of nitrogens with one attached hydrogen (secondary N) is 1. The molecule has 104 valence electrons. The molecule has 1 aromatic heterocycles. The van der Waals surface area contributed by atoms with Gasteiger partial charge in [0.25, 0.3) is 0 Å². The highest BCUT2D eigenvalue weighted by Gasteiger charge is 2.14. The number of anilines is 2. The number of aromatic nitrogens is 2. The van der Waals surface area contributed by atoms with Crippen LogP contribution in [0.15, 0.2) is 30.5 Å². The second-order valence-electron chi connectivity index (χ2n) is 5.14. The predicted octanol–water partition coefficient (Wildman–Crippen LogP) is 1.98. The van der Waals surface area contributed by atoms with Crippen LogP contribution in [0.3, 0.4) is 0 Å². The number of carbonyl (C=O) groups excluding carboxylic acids is 1. The second-order valence-corrected chi connectivity index (χ2v) is 5.14. The van der Waals surface area contributed by atoms with Crippen molar-refractivity contribution in [2.45, 2.75) is 32.2 Å². The Bertz CT molecular complexity index is 633. The molecule has 0 spiro atoms. The summed E-state index contributed by atoms with van der Waals surface area (Å²) in [6.45, 7) is 0.181. The van der Waals surface area contributed by atoms with Crippen LogP contribution in [0.4, 0.5) is 11.5 Å². The van der Waals surface area contributed by atoms with Crippen molar-refractivity contribution in [3.63, 3.8) is 0 Å². The summed E-state index contributed by atoms with van der Waals surface area (Å²) in [6, 6.07) is 7.81. The number of nitrogens with two attached hydrogens (primary N) is 1. The maximum Gasteiger partial charge on any atom is 0.246 e. The Balaban J connectivity index is 1.73. The fourth-order valence-electron chi connectivity index (χ4n) is 2.70. The molecule has 3 rings (SSSR count). The molecule has 1 aromatic carbocycles. The molecule has 3 N–H and O–H groups in total. The Hall–Kier alpha value is -2.30. The molecule has 1 heterocycles. The lowest BCUT2D eigenvalue weighted by molar-refractivity contribution is -0.116. The van der Waals surface area contributed by atoms with Crippen molar-refractivity contribution < 1.29 is 4.79 Å². The average Bonchev–Trinajstić information content (AvgIpc) is 2.84. The molecule has 5 nitrogen and oxygen atoms in total. The van der Waals surface area contributed by atoms with Gasteiger partial charge in [-0.1, -0.05) is 12.1 Å². The Kier molecular flexibility index (Phi) is 3.41. The summed E-state index contributed by atoms with van der Waals surface area (Å²) in [6.07, 6.45) is 6.27. The highest BCUT2D eigenvalue weighted by molar-refractivity contribution is 5.91. The summed E-state index contributed by atoms with van der Waals surface area (Å²) in [5.74, 6) is 0.349. The second kappa shape index (κ2) is 5.36. The van der Waals surface area contributed by atoms with Crippen molar-refractivity contribution in [1.29, 1.82) is 0 Å². The number of carbonyl (C=O) groups is 1. The van der Waals surface area contributed by atoms with Gasteiger partial charge in [-0.05, 0) is 48.9 Å². The topological polar surface area (TPSA) is 72.9 Å². The summed E-state index contributed by atoms with van der Waals surface area (Å²) in [5, 5.41) is 7.00. The van der Waals surface area contributed by atoms with E-state index in [4.69, 9.17) is 5.73 Å². The van der Waals surface area contributed by atoms with Crippen LogP contribution < -0.4 is 11.1 Å². The van der Waals surface area contributed by atoms with Crippen LogP contribution in [0.25, 0.3) is 0 Å². The zero-order chi connectivity index (χ0) is 13.9. The number of rotatable bonds is 3. The van der Waals surface area contributed by atoms with E-state index in [1.54, 1.807) is 16.9 Å². The largest absolute Gasteiger partial charge is 0.382 e. The zero-order valence-corrected chi connectivity index (χ0v) is 11.3. The summed E-state index contributed by atoms with van der Waals surface area (Å²) < 4.78 is 1.54. The summed E-state index contributed by atoms with van der Waals surface area (Å²) in [5.41, 5.74) is 9.11. The molecule has 0 radical (unpaired) electrons. The van der Waals surface area contributed by atoms with Gasteiger partial charge in [-0.3, -0.25) is 9.48 Å². The van der Waals surface area contributed by atoms with Crippen molar-refractivity contribution in [2.24, 2.45) is 0 Å². The Labute approximate surface area is 117 Å². The van der Waals surface area contributed by atoms with Gasteiger partial charge >= 0.3 is 0 Å². The van der Waals surface area contributed by atoms with Gasteiger partial charge in [-0.2, -0.15) is 5.10 Å². The Morgan fingerprint density at radius 1 is 1.30 bits per heavy atom. The van der Waals surface area contributed by atoms with Gasteiger partial charge in [-0.25, -0.2) is 0 Å². The summed E-state index contributed by atoms with van der Waals surface area (Å²) in [7, 11) is 0. The number of amides is 1. The van der Waals surface area contributed by atoms with Gasteiger partial charge in [0, 0.05) is 11.9 Å². The SMILES string of the molecule is Nc1ccn(CC(=O)Nc2cccc3c2CCCC3)n1. The summed E-state index contributed by atoms with van der Waals surface area (Å²) in [4.78, 5) is 12.1. The maximum atomic E-state index is 12.1. The van der Waals surface area contributed by atoms with Crippen LogP contribution >= 0.6 is 0 Å². The molecule has 1 aliphatic carbocycles. The van der Waals surface area contributed by atoms with Crippen LogP contribution in [-0.2, 0) is 24.2 Å². The van der Waals surface area contributed by atoms with Gasteiger partial charge in [0.15, 0.2) is 0 Å². The molecule has 0 fully saturated rings. The van der Waals surface area contributed by atoms with Crippen LogP contribution in [-0.4, -0.2) is 15.7 Å². The molecular weight excluding hydrogens is 252 g/mol. The van der Waals surface area contributed by atoms with Crippen LogP contribution in [0.2, 0.25) is 0 Å². The molecule has 5 heteroatoms. The fraction of sp³-hybridized carbons (Fsp3) is 0.333. The van der Waals surface area contributed by atoms with E-state index in [9.17, 15) is 4.79 Å². The highest BCUT2D eigenvalue weighted by Crippen LogP contribution is 2.27. The minimum Gasteiger partial charge on any atom is -0.382 e. The van der Waals surface area contributed by atoms with Gasteiger partial charge in [0.1, 0.15) is 12.4 Å². The molecule has 0 atom stereocenters. The molecule has 0 saturated heterocycles. The third kappa shape index (κ3) is 2.66. The Morgan fingerprint density at radius 2 is 2.15 bits per heavy atom. The van der Waals surface area contributed by atoms with E-state index in [2.05, 4.69) is 16.5 Å². The summed E-state index contributed by atoms with van der Waals surface area (Å²) >= 11 is 0. The molecule has 1 aliphatic rings. The molecule has 0 bridgehead atoms. The third-order valence-electron chi connectivity index (χ3n) is 3.64. The van der Waals surface area contributed by atoms with Crippen LogP contribution in [0, 0.1) is 0 Å². The highest BCUT2D eigenvalue weighted by atomic mass is 16.2. The predicted molar refractivity (Wildman–Crippen MR) is 78.4 cm³/mol. The first-order chi connectivity index (χ1) is 9.72. The number of fused-ring (bicyclic) bond motifs is 1. The Morgan fingerprint density at radius 3 is 2.95 bits per heavy atom. The lowest BCUT2D eigenvalue weighted by atomic mass is 9.90. The number of hydrogen-bond donors (Lipinski definition) is 2. The average molecular weight is 270 g/mol. The van der Waals surface area contributed by atoms with E-state index in [0.29, 0.717) is 5.82 Å². The van der Waals surface area contributed by atoms with E-state index in [1.807, 2.05) is 12.1 Å². The zero-order valence-electron chi connectivity index (χ0n) is 11.3. The number of benzene rings is 1.